The summed E-state index contributed by atoms with van der Waals surface area (Å²) in [5, 5.41) is 6.73. The van der Waals surface area contributed by atoms with Gasteiger partial charge in [0, 0.05) is 48.0 Å². The molecule has 4 rings (SSSR count). The van der Waals surface area contributed by atoms with Crippen molar-refractivity contribution in [2.75, 3.05) is 37.6 Å². The zero-order valence-electron chi connectivity index (χ0n) is 18.7. The lowest BCUT2D eigenvalue weighted by molar-refractivity contribution is -0.156. The molecule has 0 bridgehead atoms. The molecular formula is C23H22ClF4N5O2. The van der Waals surface area contributed by atoms with Crippen molar-refractivity contribution in [2.24, 2.45) is 0 Å². The van der Waals surface area contributed by atoms with Crippen LogP contribution < -0.4 is 4.90 Å². The maximum atomic E-state index is 15.0. The minimum atomic E-state index is -4.80. The van der Waals surface area contributed by atoms with Gasteiger partial charge in [0.15, 0.2) is 0 Å². The molecule has 1 aliphatic heterocycles. The van der Waals surface area contributed by atoms with Gasteiger partial charge >= 0.3 is 18.1 Å². The molecule has 2 heterocycles. The number of benzene rings is 2. The SMILES string of the molecule is CCN1CCN(C(=O)N(Cc2ccc(-c3nnc(C(F)(F)F)o3)cc2F)c2cccc(Cl)c2)CC1. The molecule has 7 nitrogen and oxygen atoms in total. The van der Waals surface area contributed by atoms with Gasteiger partial charge in [0.05, 0.1) is 6.54 Å². The number of anilines is 1. The molecule has 3 aromatic rings. The van der Waals surface area contributed by atoms with Gasteiger partial charge in [0.2, 0.25) is 5.89 Å². The Morgan fingerprint density at radius 3 is 2.46 bits per heavy atom. The molecule has 1 saturated heterocycles. The smallest absolute Gasteiger partial charge is 0.413 e. The van der Waals surface area contributed by atoms with E-state index in [1.807, 2.05) is 0 Å². The van der Waals surface area contributed by atoms with Crippen LogP contribution in [-0.2, 0) is 12.7 Å². The summed E-state index contributed by atoms with van der Waals surface area (Å²) in [5.74, 6) is -2.71. The van der Waals surface area contributed by atoms with Crippen LogP contribution in [0.2, 0.25) is 5.02 Å². The van der Waals surface area contributed by atoms with Gasteiger partial charge in [-0.3, -0.25) is 4.90 Å². The Morgan fingerprint density at radius 1 is 1.11 bits per heavy atom. The molecule has 1 fully saturated rings. The van der Waals surface area contributed by atoms with E-state index in [1.54, 1.807) is 29.2 Å². The molecule has 0 N–H and O–H groups in total. The number of likely N-dealkylation sites (N-methyl/N-ethyl adjacent to an activating group) is 1. The molecule has 0 aliphatic carbocycles. The third-order valence-corrected chi connectivity index (χ3v) is 5.97. The third kappa shape index (κ3) is 5.73. The average molecular weight is 512 g/mol. The van der Waals surface area contributed by atoms with Gasteiger partial charge in [-0.2, -0.15) is 13.2 Å². The number of alkyl halides is 3. The highest BCUT2D eigenvalue weighted by Gasteiger charge is 2.38. The van der Waals surface area contributed by atoms with Gasteiger partial charge in [0.1, 0.15) is 5.82 Å². The average Bonchev–Trinajstić information content (AvgIpc) is 3.34. The number of carbonyl (C=O) groups excluding carboxylic acids is 1. The van der Waals surface area contributed by atoms with Crippen LogP contribution in [0.5, 0.6) is 0 Å². The molecule has 2 amide bonds. The fraction of sp³-hybridized carbons (Fsp3) is 0.348. The first-order chi connectivity index (χ1) is 16.7. The van der Waals surface area contributed by atoms with Crippen molar-refractivity contribution in [1.82, 2.24) is 20.0 Å². The number of piperazine rings is 1. The van der Waals surface area contributed by atoms with Gasteiger partial charge in [-0.05, 0) is 36.9 Å². The second-order valence-electron chi connectivity index (χ2n) is 7.99. The molecule has 0 saturated carbocycles. The molecule has 186 valence electrons. The second-order valence-corrected chi connectivity index (χ2v) is 8.42. The predicted molar refractivity (Wildman–Crippen MR) is 121 cm³/mol. The van der Waals surface area contributed by atoms with Crippen LogP contribution >= 0.6 is 11.6 Å². The minimum Gasteiger partial charge on any atom is -0.413 e. The van der Waals surface area contributed by atoms with Gasteiger partial charge in [-0.25, -0.2) is 9.18 Å². The van der Waals surface area contributed by atoms with Crippen LogP contribution in [0, 0.1) is 5.82 Å². The first kappa shape index (κ1) is 24.9. The van der Waals surface area contributed by atoms with E-state index in [1.165, 1.54) is 17.0 Å². The first-order valence-corrected chi connectivity index (χ1v) is 11.3. The van der Waals surface area contributed by atoms with Crippen molar-refractivity contribution in [3.63, 3.8) is 0 Å². The minimum absolute atomic E-state index is 0.00873. The molecule has 0 radical (unpaired) electrons. The number of nitrogens with zero attached hydrogens (tertiary/aromatic N) is 5. The van der Waals surface area contributed by atoms with E-state index in [0.29, 0.717) is 23.8 Å². The summed E-state index contributed by atoms with van der Waals surface area (Å²) in [4.78, 5) is 18.8. The molecule has 2 aromatic carbocycles. The van der Waals surface area contributed by atoms with Crippen LogP contribution in [0.3, 0.4) is 0 Å². The van der Waals surface area contributed by atoms with Crippen LogP contribution in [0.4, 0.5) is 28.0 Å². The zero-order valence-corrected chi connectivity index (χ0v) is 19.5. The van der Waals surface area contributed by atoms with E-state index in [-0.39, 0.29) is 23.7 Å². The number of aromatic nitrogens is 2. The summed E-state index contributed by atoms with van der Waals surface area (Å²) < 4.78 is 57.9. The number of urea groups is 1. The van der Waals surface area contributed by atoms with Gasteiger partial charge in [-0.1, -0.05) is 30.7 Å². The number of hydrogen-bond acceptors (Lipinski definition) is 5. The Balaban J connectivity index is 1.59. The third-order valence-electron chi connectivity index (χ3n) is 5.74. The van der Waals surface area contributed by atoms with Crippen molar-refractivity contribution in [3.8, 4) is 11.5 Å². The number of carbonyl (C=O) groups is 1. The van der Waals surface area contributed by atoms with Gasteiger partial charge in [0.25, 0.3) is 0 Å². The lowest BCUT2D eigenvalue weighted by atomic mass is 10.1. The fourth-order valence-electron chi connectivity index (χ4n) is 3.77. The van der Waals surface area contributed by atoms with E-state index < -0.39 is 23.8 Å². The van der Waals surface area contributed by atoms with Crippen molar-refractivity contribution < 1.29 is 26.8 Å². The molecule has 1 aliphatic rings. The van der Waals surface area contributed by atoms with Crippen LogP contribution in [0.25, 0.3) is 11.5 Å². The van der Waals surface area contributed by atoms with E-state index in [2.05, 4.69) is 26.4 Å². The summed E-state index contributed by atoms with van der Waals surface area (Å²) in [6.45, 7) is 5.37. The van der Waals surface area contributed by atoms with E-state index in [0.717, 1.165) is 25.7 Å². The monoisotopic (exact) mass is 511 g/mol. The topological polar surface area (TPSA) is 65.7 Å². The fourth-order valence-corrected chi connectivity index (χ4v) is 3.96. The van der Waals surface area contributed by atoms with Crippen LogP contribution in [0.15, 0.2) is 46.9 Å². The summed E-state index contributed by atoms with van der Waals surface area (Å²) >= 11 is 6.14. The molecule has 0 atom stereocenters. The highest BCUT2D eigenvalue weighted by Crippen LogP contribution is 2.31. The first-order valence-electron chi connectivity index (χ1n) is 10.9. The van der Waals surface area contributed by atoms with Gasteiger partial charge < -0.3 is 14.2 Å². The lowest BCUT2D eigenvalue weighted by Crippen LogP contribution is -2.52. The Kier molecular flexibility index (Phi) is 7.27. The van der Waals surface area contributed by atoms with E-state index >= 15 is 4.39 Å². The predicted octanol–water partition coefficient (Wildman–Crippen LogP) is 5.31. The summed E-state index contributed by atoms with van der Waals surface area (Å²) in [6, 6.07) is 10.1. The Bertz CT molecular complexity index is 1190. The van der Waals surface area contributed by atoms with E-state index in [9.17, 15) is 18.0 Å². The van der Waals surface area contributed by atoms with Crippen LogP contribution in [0.1, 0.15) is 18.4 Å². The van der Waals surface area contributed by atoms with Crippen molar-refractivity contribution in [1.29, 1.82) is 0 Å². The van der Waals surface area contributed by atoms with Gasteiger partial charge in [-0.15, -0.1) is 10.2 Å². The van der Waals surface area contributed by atoms with Crippen LogP contribution in [-0.4, -0.2) is 58.8 Å². The normalized spacial score (nSPS) is 14.9. The molecule has 35 heavy (non-hydrogen) atoms. The molecular weight excluding hydrogens is 490 g/mol. The number of amides is 2. The number of hydrogen-bond donors (Lipinski definition) is 0. The van der Waals surface area contributed by atoms with E-state index in [4.69, 9.17) is 11.6 Å². The Morgan fingerprint density at radius 2 is 1.86 bits per heavy atom. The zero-order chi connectivity index (χ0) is 25.2. The molecule has 1 aromatic heterocycles. The number of rotatable bonds is 5. The van der Waals surface area contributed by atoms with Crippen molar-refractivity contribution in [3.05, 3.63) is 64.8 Å². The Hall–Kier alpha value is -3.18. The molecule has 0 unspecified atom stereocenters. The standard InChI is InChI=1S/C23H22ClF4N5O2/c1-2-31-8-10-32(11-9-31)22(34)33(18-5-3-4-17(24)13-18)14-16-7-6-15(12-19(16)25)20-29-30-21(35-20)23(26,27)28/h3-7,12-13H,2,8-11,14H2,1H3. The highest BCUT2D eigenvalue weighted by atomic mass is 35.5. The molecule has 0 spiro atoms. The molecule has 12 heteroatoms. The maximum Gasteiger partial charge on any atom is 0.470 e. The van der Waals surface area contributed by atoms with Crippen molar-refractivity contribution >= 4 is 23.3 Å². The quantitative estimate of drug-likeness (QED) is 0.434. The summed E-state index contributed by atoms with van der Waals surface area (Å²) in [5.41, 5.74) is 0.644. The number of halogens is 5. The maximum absolute atomic E-state index is 15.0. The largest absolute Gasteiger partial charge is 0.470 e. The summed E-state index contributed by atoms with van der Waals surface area (Å²) in [7, 11) is 0. The summed E-state index contributed by atoms with van der Waals surface area (Å²) in [6.07, 6.45) is -4.80. The van der Waals surface area contributed by atoms with Crippen molar-refractivity contribution in [2.45, 2.75) is 19.6 Å². The second kappa shape index (κ2) is 10.2. The highest BCUT2D eigenvalue weighted by molar-refractivity contribution is 6.30. The Labute approximate surface area is 203 Å². The lowest BCUT2D eigenvalue weighted by Gasteiger charge is -2.37.